The van der Waals surface area contributed by atoms with E-state index in [0.29, 0.717) is 54.5 Å². The lowest BCUT2D eigenvalue weighted by Gasteiger charge is -2.29. The Morgan fingerprint density at radius 1 is 1.19 bits per heavy atom. The number of phenolic OH excluding ortho intramolecular Hbond substituents is 1. The van der Waals surface area contributed by atoms with Gasteiger partial charge in [-0.25, -0.2) is 0 Å². The van der Waals surface area contributed by atoms with E-state index < -0.39 is 5.91 Å². The van der Waals surface area contributed by atoms with Gasteiger partial charge >= 0.3 is 0 Å². The lowest BCUT2D eigenvalue weighted by atomic mass is 9.73. The first-order chi connectivity index (χ1) is 17.3. The van der Waals surface area contributed by atoms with Crippen molar-refractivity contribution < 1.29 is 24.6 Å². The second-order valence-corrected chi connectivity index (χ2v) is 9.11. The molecular formula is C28H29N3O5. The number of nitrogens with two attached hydrogens (primary N) is 1. The highest BCUT2D eigenvalue weighted by atomic mass is 16.3. The largest absolute Gasteiger partial charge is 0.511 e. The molecule has 1 unspecified atom stereocenters. The number of phenols is 1. The molecule has 2 aromatic rings. The molecule has 0 radical (unpaired) electrons. The van der Waals surface area contributed by atoms with Crippen LogP contribution in [0.15, 0.2) is 71.7 Å². The number of primary amides is 1. The number of amides is 1. The Kier molecular flexibility index (Phi) is 7.45. The zero-order chi connectivity index (χ0) is 25.8. The molecular weight excluding hydrogens is 458 g/mol. The highest BCUT2D eigenvalue weighted by Crippen LogP contribution is 2.40. The number of fused-ring (bicyclic) bond motifs is 2. The molecule has 36 heavy (non-hydrogen) atoms. The van der Waals surface area contributed by atoms with Crippen LogP contribution in [0.4, 0.5) is 0 Å². The Balaban J connectivity index is 1.63. The SMILES string of the molecule is C=C1CCCC2Cc3c(C(=O)CNCc4ccccn4)ccc(O)c3C(=O)/C2=C/C/C(O)=C\1C(N)=O. The molecule has 1 heterocycles. The minimum absolute atomic E-state index is 0.00268. The van der Waals surface area contributed by atoms with E-state index in [1.54, 1.807) is 18.3 Å². The summed E-state index contributed by atoms with van der Waals surface area (Å²) < 4.78 is 0. The molecule has 0 saturated carbocycles. The summed E-state index contributed by atoms with van der Waals surface area (Å²) in [5.74, 6) is -1.92. The van der Waals surface area contributed by atoms with Gasteiger partial charge in [-0.15, -0.1) is 0 Å². The Labute approximate surface area is 209 Å². The van der Waals surface area contributed by atoms with Crippen molar-refractivity contribution in [3.8, 4) is 5.75 Å². The maximum absolute atomic E-state index is 13.5. The predicted octanol–water partition coefficient (Wildman–Crippen LogP) is 3.47. The number of aliphatic hydroxyl groups is 1. The van der Waals surface area contributed by atoms with Crippen LogP contribution in [-0.4, -0.2) is 39.2 Å². The van der Waals surface area contributed by atoms with Gasteiger partial charge in [0.1, 0.15) is 11.5 Å². The monoisotopic (exact) mass is 487 g/mol. The maximum atomic E-state index is 13.5. The third-order valence-corrected chi connectivity index (χ3v) is 6.72. The van der Waals surface area contributed by atoms with Gasteiger partial charge in [0.2, 0.25) is 0 Å². The van der Waals surface area contributed by atoms with E-state index in [-0.39, 0.29) is 53.1 Å². The highest BCUT2D eigenvalue weighted by molar-refractivity contribution is 6.15. The summed E-state index contributed by atoms with van der Waals surface area (Å²) in [4.78, 5) is 42.7. The third kappa shape index (κ3) is 5.13. The molecule has 2 aliphatic carbocycles. The number of hydrogen-bond donors (Lipinski definition) is 4. The van der Waals surface area contributed by atoms with Crippen molar-refractivity contribution >= 4 is 17.5 Å². The Morgan fingerprint density at radius 3 is 2.72 bits per heavy atom. The van der Waals surface area contributed by atoms with Crippen molar-refractivity contribution in [3.63, 3.8) is 0 Å². The van der Waals surface area contributed by atoms with E-state index in [1.807, 2.05) is 18.2 Å². The van der Waals surface area contributed by atoms with Crippen LogP contribution in [0.1, 0.15) is 57.7 Å². The molecule has 0 aliphatic heterocycles. The first kappa shape index (κ1) is 25.1. The number of nitrogens with zero attached hydrogens (tertiary/aromatic N) is 1. The zero-order valence-electron chi connectivity index (χ0n) is 19.9. The van der Waals surface area contributed by atoms with Gasteiger partial charge in [0.15, 0.2) is 11.6 Å². The van der Waals surface area contributed by atoms with Crippen LogP contribution < -0.4 is 11.1 Å². The summed E-state index contributed by atoms with van der Waals surface area (Å²) in [5, 5.41) is 24.2. The van der Waals surface area contributed by atoms with E-state index in [2.05, 4.69) is 16.9 Å². The molecule has 186 valence electrons. The fourth-order valence-corrected chi connectivity index (χ4v) is 4.98. The van der Waals surface area contributed by atoms with E-state index in [1.165, 1.54) is 6.07 Å². The van der Waals surface area contributed by atoms with Crippen molar-refractivity contribution in [2.75, 3.05) is 6.54 Å². The molecule has 1 atom stereocenters. The second kappa shape index (κ2) is 10.7. The minimum Gasteiger partial charge on any atom is -0.511 e. The number of aromatic hydroxyl groups is 1. The summed E-state index contributed by atoms with van der Waals surface area (Å²) in [6.45, 7) is 4.39. The topological polar surface area (TPSA) is 143 Å². The molecule has 4 rings (SSSR count). The molecule has 1 aromatic carbocycles. The summed E-state index contributed by atoms with van der Waals surface area (Å²) in [6, 6.07) is 8.49. The van der Waals surface area contributed by atoms with Crippen LogP contribution in [-0.2, 0) is 17.8 Å². The van der Waals surface area contributed by atoms with Gasteiger partial charge in [0.05, 0.1) is 23.4 Å². The molecule has 8 nitrogen and oxygen atoms in total. The van der Waals surface area contributed by atoms with Crippen molar-refractivity contribution in [2.24, 2.45) is 11.7 Å². The minimum atomic E-state index is -0.759. The average molecular weight is 488 g/mol. The molecule has 1 aromatic heterocycles. The first-order valence-corrected chi connectivity index (χ1v) is 11.9. The lowest BCUT2D eigenvalue weighted by Crippen LogP contribution is -2.29. The standard InChI is InChI=1S/C28H29N3O5/c1-16-5-4-6-17-13-21-20(24(34)15-30-14-18-7-2-3-12-31-18)9-11-23(33)26(21)27(35)19(17)8-10-22(32)25(16)28(29)36/h2-3,7-9,11-12,17,30,32-33H,1,4-6,10,13-15H2,(H2,29,36)/b19-8+,25-22-. The van der Waals surface area contributed by atoms with Crippen molar-refractivity contribution in [1.29, 1.82) is 0 Å². The van der Waals surface area contributed by atoms with Gasteiger partial charge in [-0.2, -0.15) is 0 Å². The number of ketones is 2. The van der Waals surface area contributed by atoms with Gasteiger partial charge in [-0.3, -0.25) is 19.4 Å². The average Bonchev–Trinajstić information content (AvgIpc) is 2.84. The molecule has 5 N–H and O–H groups in total. The number of hydrogen-bond acceptors (Lipinski definition) is 7. The van der Waals surface area contributed by atoms with Gasteiger partial charge in [-0.05, 0) is 67.0 Å². The molecule has 8 heteroatoms. The Morgan fingerprint density at radius 2 is 2.00 bits per heavy atom. The van der Waals surface area contributed by atoms with E-state index in [9.17, 15) is 24.6 Å². The number of benzene rings is 1. The summed E-state index contributed by atoms with van der Waals surface area (Å²) in [6.07, 6.45) is 5.30. The van der Waals surface area contributed by atoms with Crippen LogP contribution in [0.3, 0.4) is 0 Å². The van der Waals surface area contributed by atoms with Crippen molar-refractivity contribution in [3.05, 3.63) is 94.0 Å². The fraction of sp³-hybridized carbons (Fsp3) is 0.286. The number of aromatic nitrogens is 1. The fourth-order valence-electron chi connectivity index (χ4n) is 4.98. The number of carbonyl (C=O) groups is 3. The summed E-state index contributed by atoms with van der Waals surface area (Å²) >= 11 is 0. The van der Waals surface area contributed by atoms with E-state index in [0.717, 1.165) is 5.69 Å². The molecule has 2 aliphatic rings. The van der Waals surface area contributed by atoms with Crippen molar-refractivity contribution in [2.45, 2.75) is 38.6 Å². The normalized spacial score (nSPS) is 21.7. The van der Waals surface area contributed by atoms with Gasteiger partial charge < -0.3 is 21.3 Å². The molecule has 0 fully saturated rings. The molecule has 1 amide bonds. The highest BCUT2D eigenvalue weighted by Gasteiger charge is 2.35. The number of aliphatic hydroxyl groups excluding tert-OH is 1. The summed E-state index contributed by atoms with van der Waals surface area (Å²) in [5.41, 5.74) is 8.23. The molecule has 0 bridgehead atoms. The molecule has 0 spiro atoms. The number of Topliss-reactive ketones (excluding diaryl/α,β-unsaturated/α-hetero) is 2. The number of allylic oxidation sites excluding steroid dienone is 2. The van der Waals surface area contributed by atoms with Gasteiger partial charge in [-0.1, -0.05) is 18.7 Å². The van der Waals surface area contributed by atoms with Crippen LogP contribution in [0, 0.1) is 5.92 Å². The quantitative estimate of drug-likeness (QED) is 0.457. The van der Waals surface area contributed by atoms with Crippen molar-refractivity contribution in [1.82, 2.24) is 10.3 Å². The van der Waals surface area contributed by atoms with Crippen LogP contribution in [0.5, 0.6) is 5.75 Å². The van der Waals surface area contributed by atoms with E-state index in [4.69, 9.17) is 5.73 Å². The summed E-state index contributed by atoms with van der Waals surface area (Å²) in [7, 11) is 0. The number of rotatable bonds is 6. The first-order valence-electron chi connectivity index (χ1n) is 11.9. The third-order valence-electron chi connectivity index (χ3n) is 6.72. The van der Waals surface area contributed by atoms with Crippen LogP contribution in [0.2, 0.25) is 0 Å². The van der Waals surface area contributed by atoms with Gasteiger partial charge in [0, 0.05) is 30.3 Å². The van der Waals surface area contributed by atoms with Gasteiger partial charge in [0.25, 0.3) is 5.91 Å². The smallest absolute Gasteiger partial charge is 0.252 e. The predicted molar refractivity (Wildman–Crippen MR) is 134 cm³/mol. The zero-order valence-corrected chi connectivity index (χ0v) is 19.9. The second-order valence-electron chi connectivity index (χ2n) is 9.11. The maximum Gasteiger partial charge on any atom is 0.252 e. The van der Waals surface area contributed by atoms with Crippen LogP contribution in [0.25, 0.3) is 0 Å². The Hall–Kier alpha value is -4.04. The number of pyridine rings is 1. The van der Waals surface area contributed by atoms with E-state index >= 15 is 0 Å². The number of nitrogens with one attached hydrogen (secondary N) is 1. The van der Waals surface area contributed by atoms with Crippen LogP contribution >= 0.6 is 0 Å². The molecule has 0 saturated heterocycles. The number of carbonyl (C=O) groups excluding carboxylic acids is 3. The Bertz CT molecular complexity index is 1290. The lowest BCUT2D eigenvalue weighted by molar-refractivity contribution is -0.114.